The minimum atomic E-state index is 0.269. The van der Waals surface area contributed by atoms with Crippen molar-refractivity contribution in [2.45, 2.75) is 17.9 Å². The number of phenolic OH excluding ortho intramolecular Hbond substituents is 1. The van der Waals surface area contributed by atoms with Gasteiger partial charge in [0.05, 0.1) is 0 Å². The van der Waals surface area contributed by atoms with E-state index in [1.165, 1.54) is 11.3 Å². The molecule has 3 rings (SSSR count). The summed E-state index contributed by atoms with van der Waals surface area (Å²) in [5.74, 6) is 0.269. The highest BCUT2D eigenvalue weighted by Gasteiger charge is 2.18. The Morgan fingerprint density at radius 3 is 2.83 bits per heavy atom. The topological polar surface area (TPSA) is 23.5 Å². The lowest BCUT2D eigenvalue weighted by atomic mass is 10.1. The van der Waals surface area contributed by atoms with Crippen LogP contribution in [0.2, 0.25) is 0 Å². The monoisotopic (exact) mass is 257 g/mol. The average Bonchev–Trinajstić information content (AvgIpc) is 2.76. The van der Waals surface area contributed by atoms with Crippen molar-refractivity contribution in [2.24, 2.45) is 0 Å². The van der Waals surface area contributed by atoms with E-state index in [-0.39, 0.29) is 5.75 Å². The molecule has 18 heavy (non-hydrogen) atoms. The van der Waals surface area contributed by atoms with E-state index in [1.54, 1.807) is 12.1 Å². The van der Waals surface area contributed by atoms with Gasteiger partial charge in [-0.2, -0.15) is 0 Å². The second-order valence-electron chi connectivity index (χ2n) is 4.61. The van der Waals surface area contributed by atoms with Gasteiger partial charge in [-0.25, -0.2) is 0 Å². The summed E-state index contributed by atoms with van der Waals surface area (Å²) in [6.45, 7) is 1.89. The van der Waals surface area contributed by atoms with Crippen LogP contribution in [0.15, 0.2) is 47.4 Å². The predicted octanol–water partition coefficient (Wildman–Crippen LogP) is 3.24. The number of hydrogen-bond donors (Lipinski definition) is 2. The van der Waals surface area contributed by atoms with Crippen molar-refractivity contribution >= 4 is 18.3 Å². The second kappa shape index (κ2) is 4.58. The SMILES string of the molecule is Oc1ccc(CN2CCc3ccccc32)c(S)c1. The van der Waals surface area contributed by atoms with Gasteiger partial charge in [0.2, 0.25) is 0 Å². The van der Waals surface area contributed by atoms with Crippen LogP contribution in [-0.2, 0) is 13.0 Å². The number of rotatable bonds is 2. The van der Waals surface area contributed by atoms with Crippen molar-refractivity contribution in [3.8, 4) is 5.75 Å². The molecule has 0 atom stereocenters. The van der Waals surface area contributed by atoms with Crippen molar-refractivity contribution in [3.05, 3.63) is 53.6 Å². The number of anilines is 1. The molecule has 0 aromatic heterocycles. The van der Waals surface area contributed by atoms with Crippen molar-refractivity contribution in [3.63, 3.8) is 0 Å². The van der Waals surface area contributed by atoms with Crippen molar-refractivity contribution < 1.29 is 5.11 Å². The average molecular weight is 257 g/mol. The first-order valence-electron chi connectivity index (χ1n) is 6.08. The Bertz CT molecular complexity index is 582. The fraction of sp³-hybridized carbons (Fsp3) is 0.200. The first-order valence-corrected chi connectivity index (χ1v) is 6.52. The molecule has 2 nitrogen and oxygen atoms in total. The summed E-state index contributed by atoms with van der Waals surface area (Å²) in [6, 6.07) is 13.9. The van der Waals surface area contributed by atoms with Gasteiger partial charge in [0, 0.05) is 23.7 Å². The third-order valence-electron chi connectivity index (χ3n) is 3.41. The fourth-order valence-electron chi connectivity index (χ4n) is 2.46. The van der Waals surface area contributed by atoms with Gasteiger partial charge >= 0.3 is 0 Å². The van der Waals surface area contributed by atoms with E-state index < -0.39 is 0 Å². The van der Waals surface area contributed by atoms with E-state index in [0.29, 0.717) is 0 Å². The number of aromatic hydroxyl groups is 1. The fourth-order valence-corrected chi connectivity index (χ4v) is 2.74. The van der Waals surface area contributed by atoms with Crippen LogP contribution in [0, 0.1) is 0 Å². The molecule has 0 amide bonds. The molecular formula is C15H15NOS. The van der Waals surface area contributed by atoms with Gasteiger partial charge in [0.25, 0.3) is 0 Å². The van der Waals surface area contributed by atoms with Gasteiger partial charge < -0.3 is 10.0 Å². The van der Waals surface area contributed by atoms with Crippen LogP contribution < -0.4 is 4.90 Å². The highest BCUT2D eigenvalue weighted by atomic mass is 32.1. The van der Waals surface area contributed by atoms with E-state index in [0.717, 1.165) is 30.0 Å². The summed E-state index contributed by atoms with van der Waals surface area (Å²) in [6.07, 6.45) is 1.11. The van der Waals surface area contributed by atoms with Crippen molar-refractivity contribution in [2.75, 3.05) is 11.4 Å². The zero-order valence-corrected chi connectivity index (χ0v) is 10.9. The van der Waals surface area contributed by atoms with Crippen molar-refractivity contribution in [1.29, 1.82) is 0 Å². The highest BCUT2D eigenvalue weighted by molar-refractivity contribution is 7.80. The molecular weight excluding hydrogens is 242 g/mol. The molecule has 1 aliphatic rings. The number of hydrogen-bond acceptors (Lipinski definition) is 3. The first kappa shape index (κ1) is 11.5. The summed E-state index contributed by atoms with van der Waals surface area (Å²) in [5, 5.41) is 9.39. The molecule has 1 heterocycles. The number of nitrogens with zero attached hydrogens (tertiary/aromatic N) is 1. The number of para-hydroxylation sites is 1. The smallest absolute Gasteiger partial charge is 0.116 e. The number of phenols is 1. The van der Waals surface area contributed by atoms with Gasteiger partial charge in [-0.15, -0.1) is 12.6 Å². The molecule has 0 bridgehead atoms. The second-order valence-corrected chi connectivity index (χ2v) is 5.10. The Balaban J connectivity index is 1.86. The van der Waals surface area contributed by atoms with E-state index >= 15 is 0 Å². The van der Waals surface area contributed by atoms with Crippen LogP contribution in [0.1, 0.15) is 11.1 Å². The molecule has 2 aromatic carbocycles. The zero-order valence-electron chi connectivity index (χ0n) is 10.0. The summed E-state index contributed by atoms with van der Waals surface area (Å²) in [5.41, 5.74) is 3.88. The molecule has 0 spiro atoms. The Morgan fingerprint density at radius 2 is 2.00 bits per heavy atom. The van der Waals surface area contributed by atoms with Crippen LogP contribution in [0.25, 0.3) is 0 Å². The van der Waals surface area contributed by atoms with Crippen LogP contribution in [-0.4, -0.2) is 11.7 Å². The molecule has 1 N–H and O–H groups in total. The van der Waals surface area contributed by atoms with Crippen LogP contribution >= 0.6 is 12.6 Å². The number of fused-ring (bicyclic) bond motifs is 1. The third-order valence-corrected chi connectivity index (χ3v) is 3.83. The maximum atomic E-state index is 9.39. The largest absolute Gasteiger partial charge is 0.508 e. The maximum absolute atomic E-state index is 9.39. The van der Waals surface area contributed by atoms with E-state index in [1.807, 2.05) is 6.07 Å². The minimum absolute atomic E-state index is 0.269. The first-order chi connectivity index (χ1) is 8.74. The Kier molecular flexibility index (Phi) is 2.92. The molecule has 0 fully saturated rings. The van der Waals surface area contributed by atoms with E-state index in [2.05, 4.69) is 41.8 Å². The lowest BCUT2D eigenvalue weighted by Gasteiger charge is -2.20. The molecule has 92 valence electrons. The van der Waals surface area contributed by atoms with Crippen LogP contribution in [0.5, 0.6) is 5.75 Å². The van der Waals surface area contributed by atoms with Gasteiger partial charge in [0.1, 0.15) is 5.75 Å². The lowest BCUT2D eigenvalue weighted by molar-refractivity contribution is 0.473. The molecule has 1 aliphatic heterocycles. The number of thiol groups is 1. The number of benzene rings is 2. The van der Waals surface area contributed by atoms with Gasteiger partial charge in [0.15, 0.2) is 0 Å². The lowest BCUT2D eigenvalue weighted by Crippen LogP contribution is -2.19. The zero-order chi connectivity index (χ0) is 12.5. The Hall–Kier alpha value is -1.61. The Labute approximate surface area is 112 Å². The molecule has 0 saturated heterocycles. The van der Waals surface area contributed by atoms with E-state index in [4.69, 9.17) is 0 Å². The maximum Gasteiger partial charge on any atom is 0.116 e. The molecule has 0 radical (unpaired) electrons. The summed E-state index contributed by atoms with van der Waals surface area (Å²) >= 11 is 4.42. The summed E-state index contributed by atoms with van der Waals surface area (Å²) < 4.78 is 0. The standard InChI is InChI=1S/C15H15NOS/c17-13-6-5-12(15(18)9-13)10-16-8-7-11-3-1-2-4-14(11)16/h1-6,9,17-18H,7-8,10H2. The van der Waals surface area contributed by atoms with Crippen LogP contribution in [0.3, 0.4) is 0 Å². The van der Waals surface area contributed by atoms with Crippen molar-refractivity contribution in [1.82, 2.24) is 0 Å². The Morgan fingerprint density at radius 1 is 1.17 bits per heavy atom. The molecule has 0 aliphatic carbocycles. The van der Waals surface area contributed by atoms with Gasteiger partial charge in [-0.3, -0.25) is 0 Å². The van der Waals surface area contributed by atoms with E-state index in [9.17, 15) is 5.11 Å². The molecule has 0 saturated carbocycles. The normalized spacial score (nSPS) is 13.7. The van der Waals surface area contributed by atoms with Gasteiger partial charge in [-0.05, 0) is 35.7 Å². The molecule has 0 unspecified atom stereocenters. The third kappa shape index (κ3) is 2.06. The molecule has 3 heteroatoms. The highest BCUT2D eigenvalue weighted by Crippen LogP contribution is 2.30. The quantitative estimate of drug-likeness (QED) is 0.807. The molecule has 2 aromatic rings. The van der Waals surface area contributed by atoms with Gasteiger partial charge in [-0.1, -0.05) is 24.3 Å². The minimum Gasteiger partial charge on any atom is -0.508 e. The summed E-state index contributed by atoms with van der Waals surface area (Å²) in [7, 11) is 0. The predicted molar refractivity (Wildman–Crippen MR) is 76.6 cm³/mol. The summed E-state index contributed by atoms with van der Waals surface area (Å²) in [4.78, 5) is 3.21. The van der Waals surface area contributed by atoms with Crippen LogP contribution in [0.4, 0.5) is 5.69 Å².